The van der Waals surface area contributed by atoms with Crippen molar-refractivity contribution in [2.24, 2.45) is 0 Å². The minimum absolute atomic E-state index is 0.182. The Balaban J connectivity index is 1.99. The lowest BCUT2D eigenvalue weighted by atomic mass is 10.2. The molecule has 1 amide bonds. The molecule has 1 saturated heterocycles. The lowest BCUT2D eigenvalue weighted by molar-refractivity contribution is -0.129. The summed E-state index contributed by atoms with van der Waals surface area (Å²) in [6.07, 6.45) is 0. The van der Waals surface area contributed by atoms with Crippen LogP contribution >= 0.6 is 0 Å². The molecule has 110 valence electrons. The summed E-state index contributed by atoms with van der Waals surface area (Å²) in [6, 6.07) is 8.77. The lowest BCUT2D eigenvalue weighted by Crippen LogP contribution is -2.48. The number of anilines is 2. The fraction of sp³-hybridized carbons (Fsp3) is 0.562. The first-order valence-electron chi connectivity index (χ1n) is 7.51. The topological polar surface area (TPSA) is 26.8 Å². The quantitative estimate of drug-likeness (QED) is 0.843. The van der Waals surface area contributed by atoms with Crippen LogP contribution in [0.3, 0.4) is 0 Å². The van der Waals surface area contributed by atoms with Gasteiger partial charge in [0.05, 0.1) is 0 Å². The molecular weight excluding hydrogens is 250 g/mol. The number of amides is 1. The van der Waals surface area contributed by atoms with Crippen molar-refractivity contribution in [1.29, 1.82) is 0 Å². The molecule has 4 nitrogen and oxygen atoms in total. The molecule has 0 radical (unpaired) electrons. The van der Waals surface area contributed by atoms with Crippen molar-refractivity contribution >= 4 is 17.3 Å². The van der Waals surface area contributed by atoms with E-state index in [0.29, 0.717) is 0 Å². The monoisotopic (exact) mass is 275 g/mol. The Morgan fingerprint density at radius 3 is 2.05 bits per heavy atom. The third kappa shape index (κ3) is 3.24. The van der Waals surface area contributed by atoms with Crippen molar-refractivity contribution in [1.82, 2.24) is 4.90 Å². The zero-order valence-corrected chi connectivity index (χ0v) is 12.8. The third-order valence-electron chi connectivity index (χ3n) is 4.07. The van der Waals surface area contributed by atoms with Gasteiger partial charge in [0, 0.05) is 57.6 Å². The SMILES string of the molecule is CCN(CC)c1ccc(N2CCN(C(C)=O)CC2)cc1. The number of nitrogens with zero attached hydrogens (tertiary/aromatic N) is 3. The van der Waals surface area contributed by atoms with Gasteiger partial charge < -0.3 is 14.7 Å². The second kappa shape index (κ2) is 6.64. The molecule has 0 saturated carbocycles. The molecule has 1 fully saturated rings. The number of piperazine rings is 1. The van der Waals surface area contributed by atoms with Gasteiger partial charge in [0.15, 0.2) is 0 Å². The van der Waals surface area contributed by atoms with Crippen LogP contribution < -0.4 is 9.80 Å². The van der Waals surface area contributed by atoms with Crippen molar-refractivity contribution in [3.05, 3.63) is 24.3 Å². The van der Waals surface area contributed by atoms with Gasteiger partial charge >= 0.3 is 0 Å². The Labute approximate surface area is 122 Å². The summed E-state index contributed by atoms with van der Waals surface area (Å²) in [5, 5.41) is 0. The summed E-state index contributed by atoms with van der Waals surface area (Å²) in [5.41, 5.74) is 2.53. The second-order valence-corrected chi connectivity index (χ2v) is 5.18. The molecule has 0 spiro atoms. The van der Waals surface area contributed by atoms with E-state index in [4.69, 9.17) is 0 Å². The standard InChI is InChI=1S/C16H25N3O/c1-4-17(5-2)15-6-8-16(9-7-15)19-12-10-18(11-13-19)14(3)20/h6-9H,4-5,10-13H2,1-3H3. The first-order valence-corrected chi connectivity index (χ1v) is 7.51. The van der Waals surface area contributed by atoms with Crippen LogP contribution in [-0.2, 0) is 4.79 Å². The molecule has 0 aliphatic carbocycles. The van der Waals surface area contributed by atoms with Crippen LogP contribution in [0.25, 0.3) is 0 Å². The lowest BCUT2D eigenvalue weighted by Gasteiger charge is -2.35. The third-order valence-corrected chi connectivity index (χ3v) is 4.07. The van der Waals surface area contributed by atoms with Crippen molar-refractivity contribution in [3.8, 4) is 0 Å². The van der Waals surface area contributed by atoms with E-state index in [-0.39, 0.29) is 5.91 Å². The van der Waals surface area contributed by atoms with Gasteiger partial charge in [0.1, 0.15) is 0 Å². The molecule has 0 atom stereocenters. The summed E-state index contributed by atoms with van der Waals surface area (Å²) in [5.74, 6) is 0.182. The van der Waals surface area contributed by atoms with Gasteiger partial charge in [-0.2, -0.15) is 0 Å². The summed E-state index contributed by atoms with van der Waals surface area (Å²) in [4.78, 5) is 17.9. The van der Waals surface area contributed by atoms with E-state index < -0.39 is 0 Å². The highest BCUT2D eigenvalue weighted by atomic mass is 16.2. The molecule has 20 heavy (non-hydrogen) atoms. The molecule has 0 aromatic heterocycles. The Kier molecular flexibility index (Phi) is 4.88. The van der Waals surface area contributed by atoms with Gasteiger partial charge in [-0.3, -0.25) is 4.79 Å². The zero-order chi connectivity index (χ0) is 14.5. The summed E-state index contributed by atoms with van der Waals surface area (Å²) in [6.45, 7) is 11.6. The minimum atomic E-state index is 0.182. The maximum Gasteiger partial charge on any atom is 0.219 e. The fourth-order valence-electron chi connectivity index (χ4n) is 2.74. The first kappa shape index (κ1) is 14.7. The summed E-state index contributed by atoms with van der Waals surface area (Å²) >= 11 is 0. The van der Waals surface area contributed by atoms with Crippen molar-refractivity contribution in [3.63, 3.8) is 0 Å². The maximum atomic E-state index is 11.3. The number of benzene rings is 1. The Morgan fingerprint density at radius 2 is 1.60 bits per heavy atom. The predicted octanol–water partition coefficient (Wildman–Crippen LogP) is 2.20. The number of rotatable bonds is 4. The van der Waals surface area contributed by atoms with Crippen LogP contribution in [0.15, 0.2) is 24.3 Å². The van der Waals surface area contributed by atoms with Gasteiger partial charge in [-0.1, -0.05) is 0 Å². The van der Waals surface area contributed by atoms with E-state index in [0.717, 1.165) is 39.3 Å². The minimum Gasteiger partial charge on any atom is -0.372 e. The Morgan fingerprint density at radius 1 is 1.05 bits per heavy atom. The second-order valence-electron chi connectivity index (χ2n) is 5.18. The van der Waals surface area contributed by atoms with E-state index in [9.17, 15) is 4.79 Å². The first-order chi connectivity index (χ1) is 9.65. The van der Waals surface area contributed by atoms with E-state index in [1.54, 1.807) is 6.92 Å². The molecule has 1 aromatic rings. The van der Waals surface area contributed by atoms with Crippen molar-refractivity contribution in [2.45, 2.75) is 20.8 Å². The number of hydrogen-bond acceptors (Lipinski definition) is 3. The average molecular weight is 275 g/mol. The smallest absolute Gasteiger partial charge is 0.219 e. The van der Waals surface area contributed by atoms with Crippen LogP contribution in [0.1, 0.15) is 20.8 Å². The van der Waals surface area contributed by atoms with E-state index >= 15 is 0 Å². The number of carbonyl (C=O) groups excluding carboxylic acids is 1. The molecule has 2 rings (SSSR count). The van der Waals surface area contributed by atoms with Crippen LogP contribution in [0.2, 0.25) is 0 Å². The van der Waals surface area contributed by atoms with Gasteiger partial charge in [-0.15, -0.1) is 0 Å². The molecule has 1 aliphatic rings. The van der Waals surface area contributed by atoms with Gasteiger partial charge in [0.2, 0.25) is 5.91 Å². The largest absolute Gasteiger partial charge is 0.372 e. The highest BCUT2D eigenvalue weighted by Crippen LogP contribution is 2.21. The van der Waals surface area contributed by atoms with Crippen molar-refractivity contribution < 1.29 is 4.79 Å². The number of hydrogen-bond donors (Lipinski definition) is 0. The normalized spacial score (nSPS) is 15.3. The molecular formula is C16H25N3O. The van der Waals surface area contributed by atoms with E-state index in [1.165, 1.54) is 11.4 Å². The summed E-state index contributed by atoms with van der Waals surface area (Å²) in [7, 11) is 0. The van der Waals surface area contributed by atoms with Crippen LogP contribution in [0, 0.1) is 0 Å². The maximum absolute atomic E-state index is 11.3. The molecule has 4 heteroatoms. The molecule has 0 N–H and O–H groups in total. The molecule has 1 aliphatic heterocycles. The van der Waals surface area contributed by atoms with Gasteiger partial charge in [0.25, 0.3) is 0 Å². The van der Waals surface area contributed by atoms with Crippen LogP contribution in [0.4, 0.5) is 11.4 Å². The molecule has 1 aromatic carbocycles. The van der Waals surface area contributed by atoms with Crippen LogP contribution in [0.5, 0.6) is 0 Å². The van der Waals surface area contributed by atoms with Crippen LogP contribution in [-0.4, -0.2) is 50.1 Å². The van der Waals surface area contributed by atoms with Gasteiger partial charge in [-0.25, -0.2) is 0 Å². The summed E-state index contributed by atoms with van der Waals surface area (Å²) < 4.78 is 0. The van der Waals surface area contributed by atoms with Gasteiger partial charge in [-0.05, 0) is 38.1 Å². The Bertz CT molecular complexity index is 432. The highest BCUT2D eigenvalue weighted by Gasteiger charge is 2.18. The number of carbonyl (C=O) groups is 1. The fourth-order valence-corrected chi connectivity index (χ4v) is 2.74. The zero-order valence-electron chi connectivity index (χ0n) is 12.8. The Hall–Kier alpha value is -1.71. The van der Waals surface area contributed by atoms with Crippen molar-refractivity contribution in [2.75, 3.05) is 49.1 Å². The van der Waals surface area contributed by atoms with E-state index in [2.05, 4.69) is 47.9 Å². The van der Waals surface area contributed by atoms with E-state index in [1.807, 2.05) is 4.90 Å². The average Bonchev–Trinajstić information content (AvgIpc) is 2.49. The highest BCUT2D eigenvalue weighted by molar-refractivity contribution is 5.73. The molecule has 0 unspecified atom stereocenters. The molecule has 0 bridgehead atoms. The predicted molar refractivity (Wildman–Crippen MR) is 84.5 cm³/mol. The molecule has 1 heterocycles.